The third-order valence-corrected chi connectivity index (χ3v) is 3.90. The van der Waals surface area contributed by atoms with Crippen molar-refractivity contribution in [2.24, 2.45) is 0 Å². The lowest BCUT2D eigenvalue weighted by Gasteiger charge is -2.04. The molecule has 0 atom stereocenters. The molecule has 92 valence electrons. The molecule has 2 aromatic rings. The molecule has 0 unspecified atom stereocenters. The first-order valence-electron chi connectivity index (χ1n) is 5.25. The Kier molecular flexibility index (Phi) is 3.89. The van der Waals surface area contributed by atoms with Crippen LogP contribution in [0.4, 0.5) is 5.69 Å². The van der Waals surface area contributed by atoms with Crippen LogP contribution >= 0.6 is 23.4 Å². The van der Waals surface area contributed by atoms with Crippen LogP contribution < -0.4 is 0 Å². The Morgan fingerprint density at radius 1 is 1.22 bits per heavy atom. The second kappa shape index (κ2) is 5.42. The monoisotopic (exact) mass is 279 g/mol. The zero-order valence-electron chi connectivity index (χ0n) is 9.59. The fourth-order valence-corrected chi connectivity index (χ4v) is 2.64. The van der Waals surface area contributed by atoms with Crippen LogP contribution in [-0.4, -0.2) is 4.92 Å². The summed E-state index contributed by atoms with van der Waals surface area (Å²) >= 11 is 7.31. The molecule has 2 rings (SSSR count). The zero-order valence-corrected chi connectivity index (χ0v) is 11.2. The second-order valence-electron chi connectivity index (χ2n) is 3.74. The molecule has 0 saturated heterocycles. The number of nitrogens with zero attached hydrogens (tertiary/aromatic N) is 1. The van der Waals surface area contributed by atoms with E-state index < -0.39 is 0 Å². The lowest BCUT2D eigenvalue weighted by Crippen LogP contribution is -1.90. The third kappa shape index (κ3) is 2.83. The minimum absolute atomic E-state index is 0.120. The molecule has 0 N–H and O–H groups in total. The number of nitro benzene ring substituents is 1. The summed E-state index contributed by atoms with van der Waals surface area (Å²) in [6.07, 6.45) is 0. The number of aryl methyl sites for hydroxylation is 1. The van der Waals surface area contributed by atoms with E-state index in [1.165, 1.54) is 17.8 Å². The van der Waals surface area contributed by atoms with Gasteiger partial charge in [0.15, 0.2) is 0 Å². The average molecular weight is 280 g/mol. The maximum atomic E-state index is 10.9. The van der Waals surface area contributed by atoms with Crippen LogP contribution in [0.3, 0.4) is 0 Å². The molecule has 18 heavy (non-hydrogen) atoms. The number of nitro groups is 1. The number of rotatable bonds is 3. The predicted octanol–water partition coefficient (Wildman–Crippen LogP) is 4.71. The first kappa shape index (κ1) is 12.9. The average Bonchev–Trinajstić information content (AvgIpc) is 2.34. The molecule has 0 bridgehead atoms. The number of halogens is 1. The van der Waals surface area contributed by atoms with Crippen LogP contribution in [0.2, 0.25) is 5.02 Å². The molecule has 0 fully saturated rings. The topological polar surface area (TPSA) is 43.1 Å². The van der Waals surface area contributed by atoms with Gasteiger partial charge in [0.05, 0.1) is 9.82 Å². The standard InChI is InChI=1S/C13H10ClNO2S/c1-9-8-10(6-7-11(9)14)18-13-5-3-2-4-12(13)15(16)17/h2-8H,1H3. The molecule has 3 nitrogen and oxygen atoms in total. The molecule has 0 aliphatic heterocycles. The number of para-hydroxylation sites is 1. The highest BCUT2D eigenvalue weighted by Crippen LogP contribution is 2.35. The maximum Gasteiger partial charge on any atom is 0.283 e. The van der Waals surface area contributed by atoms with Crippen LogP contribution in [0.25, 0.3) is 0 Å². The molecule has 0 amide bonds. The Morgan fingerprint density at radius 2 is 1.94 bits per heavy atom. The highest BCUT2D eigenvalue weighted by molar-refractivity contribution is 7.99. The van der Waals surface area contributed by atoms with Crippen molar-refractivity contribution >= 4 is 29.1 Å². The van der Waals surface area contributed by atoms with Gasteiger partial charge in [-0.15, -0.1) is 0 Å². The zero-order chi connectivity index (χ0) is 13.1. The van der Waals surface area contributed by atoms with E-state index in [1.807, 2.05) is 19.1 Å². The summed E-state index contributed by atoms with van der Waals surface area (Å²) in [5.41, 5.74) is 1.08. The minimum atomic E-state index is -0.370. The van der Waals surface area contributed by atoms with Crippen molar-refractivity contribution in [2.45, 2.75) is 16.7 Å². The van der Waals surface area contributed by atoms with Crippen molar-refractivity contribution in [1.29, 1.82) is 0 Å². The summed E-state index contributed by atoms with van der Waals surface area (Å²) in [6.45, 7) is 1.91. The van der Waals surface area contributed by atoms with Crippen molar-refractivity contribution in [3.63, 3.8) is 0 Å². The van der Waals surface area contributed by atoms with Crippen molar-refractivity contribution in [1.82, 2.24) is 0 Å². The number of hydrogen-bond donors (Lipinski definition) is 0. The van der Waals surface area contributed by atoms with Gasteiger partial charge in [0.25, 0.3) is 5.69 Å². The van der Waals surface area contributed by atoms with Gasteiger partial charge < -0.3 is 0 Å². The van der Waals surface area contributed by atoms with Gasteiger partial charge in [0.1, 0.15) is 0 Å². The quantitative estimate of drug-likeness (QED) is 0.604. The molecule has 0 aliphatic rings. The van der Waals surface area contributed by atoms with Crippen molar-refractivity contribution in [3.05, 3.63) is 63.2 Å². The fraction of sp³-hybridized carbons (Fsp3) is 0.0769. The summed E-state index contributed by atoms with van der Waals surface area (Å²) < 4.78 is 0. The Hall–Kier alpha value is -1.52. The Morgan fingerprint density at radius 3 is 2.61 bits per heavy atom. The summed E-state index contributed by atoms with van der Waals surface area (Å²) in [4.78, 5) is 12.1. The van der Waals surface area contributed by atoms with E-state index in [0.717, 1.165) is 10.5 Å². The van der Waals surface area contributed by atoms with Gasteiger partial charge in [-0.1, -0.05) is 35.5 Å². The van der Waals surface area contributed by atoms with E-state index in [4.69, 9.17) is 11.6 Å². The minimum Gasteiger partial charge on any atom is -0.258 e. The largest absolute Gasteiger partial charge is 0.283 e. The van der Waals surface area contributed by atoms with Crippen molar-refractivity contribution in [2.75, 3.05) is 0 Å². The Labute approximate surface area is 114 Å². The molecule has 0 radical (unpaired) electrons. The molecular formula is C13H10ClNO2S. The summed E-state index contributed by atoms with van der Waals surface area (Å²) in [5.74, 6) is 0. The predicted molar refractivity (Wildman–Crippen MR) is 73.4 cm³/mol. The lowest BCUT2D eigenvalue weighted by atomic mass is 10.2. The van der Waals surface area contributed by atoms with Crippen molar-refractivity contribution < 1.29 is 4.92 Å². The third-order valence-electron chi connectivity index (χ3n) is 2.42. The van der Waals surface area contributed by atoms with E-state index in [1.54, 1.807) is 24.3 Å². The number of hydrogen-bond acceptors (Lipinski definition) is 3. The number of benzene rings is 2. The van der Waals surface area contributed by atoms with E-state index in [2.05, 4.69) is 0 Å². The molecule has 0 saturated carbocycles. The van der Waals surface area contributed by atoms with E-state index in [-0.39, 0.29) is 10.6 Å². The fourth-order valence-electron chi connectivity index (χ4n) is 1.50. The summed E-state index contributed by atoms with van der Waals surface area (Å²) in [5, 5.41) is 11.6. The normalized spacial score (nSPS) is 10.3. The van der Waals surface area contributed by atoms with Crippen LogP contribution in [0.1, 0.15) is 5.56 Å². The Balaban J connectivity index is 2.34. The van der Waals surface area contributed by atoms with Gasteiger partial charge in [-0.2, -0.15) is 0 Å². The first-order valence-corrected chi connectivity index (χ1v) is 6.45. The first-order chi connectivity index (χ1) is 8.58. The van der Waals surface area contributed by atoms with E-state index in [9.17, 15) is 10.1 Å². The highest BCUT2D eigenvalue weighted by atomic mass is 35.5. The van der Waals surface area contributed by atoms with Gasteiger partial charge in [0.2, 0.25) is 0 Å². The van der Waals surface area contributed by atoms with Gasteiger partial charge in [-0.05, 0) is 36.8 Å². The summed E-state index contributed by atoms with van der Waals surface area (Å²) in [6, 6.07) is 12.3. The lowest BCUT2D eigenvalue weighted by molar-refractivity contribution is -0.387. The van der Waals surface area contributed by atoms with Gasteiger partial charge in [0, 0.05) is 16.0 Å². The van der Waals surface area contributed by atoms with Crippen molar-refractivity contribution in [3.8, 4) is 0 Å². The Bertz CT molecular complexity index is 601. The molecular weight excluding hydrogens is 270 g/mol. The van der Waals surface area contributed by atoms with E-state index in [0.29, 0.717) is 9.92 Å². The molecule has 0 heterocycles. The smallest absolute Gasteiger partial charge is 0.258 e. The van der Waals surface area contributed by atoms with Crippen LogP contribution in [0.15, 0.2) is 52.3 Å². The van der Waals surface area contributed by atoms with E-state index >= 15 is 0 Å². The maximum absolute atomic E-state index is 10.9. The molecule has 0 aromatic heterocycles. The molecule has 0 spiro atoms. The SMILES string of the molecule is Cc1cc(Sc2ccccc2[N+](=O)[O-])ccc1Cl. The highest BCUT2D eigenvalue weighted by Gasteiger charge is 2.13. The van der Waals surface area contributed by atoms with Crippen LogP contribution in [-0.2, 0) is 0 Å². The molecule has 0 aliphatic carbocycles. The van der Waals surface area contributed by atoms with Gasteiger partial charge in [-0.25, -0.2) is 0 Å². The van der Waals surface area contributed by atoms with Crippen LogP contribution in [0, 0.1) is 17.0 Å². The van der Waals surface area contributed by atoms with Crippen LogP contribution in [0.5, 0.6) is 0 Å². The molecule has 2 aromatic carbocycles. The summed E-state index contributed by atoms with van der Waals surface area (Å²) in [7, 11) is 0. The van der Waals surface area contributed by atoms with Gasteiger partial charge >= 0.3 is 0 Å². The van der Waals surface area contributed by atoms with Gasteiger partial charge in [-0.3, -0.25) is 10.1 Å². The molecule has 5 heteroatoms. The second-order valence-corrected chi connectivity index (χ2v) is 5.26.